The van der Waals surface area contributed by atoms with Gasteiger partial charge in [0.1, 0.15) is 17.7 Å². The standard InChI is InChI=1S/C16H23BrN2O2/c1-5-19-10-6-7-14(19)18-11(2)15-13(20-3)9-8-12(17)16(15)21-4/h8-9,14H,5-7,10H2,1-4H3. The van der Waals surface area contributed by atoms with Crippen LogP contribution in [0.1, 0.15) is 32.3 Å². The van der Waals surface area contributed by atoms with Crippen molar-refractivity contribution >= 4 is 21.6 Å². The lowest BCUT2D eigenvalue weighted by Gasteiger charge is -2.21. The molecule has 1 saturated heterocycles. The van der Waals surface area contributed by atoms with Crippen LogP contribution in [0.15, 0.2) is 21.6 Å². The molecule has 1 aromatic carbocycles. The van der Waals surface area contributed by atoms with E-state index in [0.717, 1.165) is 46.8 Å². The van der Waals surface area contributed by atoms with Crippen LogP contribution in [0.3, 0.4) is 0 Å². The summed E-state index contributed by atoms with van der Waals surface area (Å²) in [5, 5.41) is 0. The number of aliphatic imine (C=N–C) groups is 1. The van der Waals surface area contributed by atoms with Crippen LogP contribution in [0.4, 0.5) is 0 Å². The van der Waals surface area contributed by atoms with E-state index in [2.05, 4.69) is 27.8 Å². The highest BCUT2D eigenvalue weighted by Crippen LogP contribution is 2.36. The van der Waals surface area contributed by atoms with Crippen molar-refractivity contribution in [3.05, 3.63) is 22.2 Å². The molecule has 5 heteroatoms. The van der Waals surface area contributed by atoms with Gasteiger partial charge in [-0.2, -0.15) is 0 Å². The molecule has 1 aliphatic rings. The third-order valence-electron chi connectivity index (χ3n) is 3.94. The summed E-state index contributed by atoms with van der Waals surface area (Å²) in [6, 6.07) is 3.87. The average Bonchev–Trinajstić information content (AvgIpc) is 2.93. The Balaban J connectivity index is 2.42. The fourth-order valence-corrected chi connectivity index (χ4v) is 3.36. The molecule has 1 aromatic rings. The summed E-state index contributed by atoms with van der Waals surface area (Å²) in [4.78, 5) is 7.32. The number of halogens is 1. The molecule has 0 bridgehead atoms. The van der Waals surface area contributed by atoms with E-state index >= 15 is 0 Å². The Labute approximate surface area is 135 Å². The molecule has 1 atom stereocenters. The molecule has 1 aliphatic heterocycles. The summed E-state index contributed by atoms with van der Waals surface area (Å²) in [6.45, 7) is 6.38. The Hall–Kier alpha value is -1.07. The second-order valence-corrected chi connectivity index (χ2v) is 5.98. The van der Waals surface area contributed by atoms with Crippen LogP contribution in [0.2, 0.25) is 0 Å². The summed E-state index contributed by atoms with van der Waals surface area (Å²) in [7, 11) is 3.34. The fraction of sp³-hybridized carbons (Fsp3) is 0.562. The van der Waals surface area contributed by atoms with Gasteiger partial charge >= 0.3 is 0 Å². The smallest absolute Gasteiger partial charge is 0.145 e. The molecule has 1 heterocycles. The van der Waals surface area contributed by atoms with Crippen molar-refractivity contribution in [2.75, 3.05) is 27.3 Å². The van der Waals surface area contributed by atoms with Crippen LogP contribution >= 0.6 is 15.9 Å². The van der Waals surface area contributed by atoms with Crippen molar-refractivity contribution in [3.63, 3.8) is 0 Å². The van der Waals surface area contributed by atoms with E-state index in [0.29, 0.717) is 0 Å². The van der Waals surface area contributed by atoms with Crippen LogP contribution in [0.5, 0.6) is 11.5 Å². The number of hydrogen-bond acceptors (Lipinski definition) is 4. The highest BCUT2D eigenvalue weighted by molar-refractivity contribution is 9.10. The largest absolute Gasteiger partial charge is 0.496 e. The van der Waals surface area contributed by atoms with E-state index in [-0.39, 0.29) is 6.17 Å². The van der Waals surface area contributed by atoms with Crippen LogP contribution in [-0.2, 0) is 0 Å². The summed E-state index contributed by atoms with van der Waals surface area (Å²) < 4.78 is 11.9. The van der Waals surface area contributed by atoms with Crippen LogP contribution in [0, 0.1) is 0 Å². The molecule has 0 amide bonds. The predicted octanol–water partition coefficient (Wildman–Crippen LogP) is 3.72. The molecule has 0 N–H and O–H groups in total. The number of hydrogen-bond donors (Lipinski definition) is 0. The summed E-state index contributed by atoms with van der Waals surface area (Å²) in [5.74, 6) is 1.56. The number of ether oxygens (including phenoxy) is 2. The number of nitrogens with zero attached hydrogens (tertiary/aromatic N) is 2. The predicted molar refractivity (Wildman–Crippen MR) is 89.7 cm³/mol. The molecular formula is C16H23BrN2O2. The zero-order valence-corrected chi connectivity index (χ0v) is 14.7. The van der Waals surface area contributed by atoms with E-state index < -0.39 is 0 Å². The van der Waals surface area contributed by atoms with Gasteiger partial charge in [-0.15, -0.1) is 0 Å². The van der Waals surface area contributed by atoms with Gasteiger partial charge in [-0.1, -0.05) is 6.92 Å². The first kappa shape index (κ1) is 16.3. The van der Waals surface area contributed by atoms with Crippen molar-refractivity contribution in [3.8, 4) is 11.5 Å². The van der Waals surface area contributed by atoms with E-state index in [1.807, 2.05) is 19.1 Å². The SMILES string of the molecule is CCN1CCCC1N=C(C)c1c(OC)ccc(Br)c1OC. The maximum atomic E-state index is 5.54. The van der Waals surface area contributed by atoms with Crippen LogP contribution in [-0.4, -0.2) is 44.1 Å². The number of benzene rings is 1. The number of likely N-dealkylation sites (tertiary alicyclic amines) is 1. The van der Waals surface area contributed by atoms with Gasteiger partial charge in [0.15, 0.2) is 0 Å². The van der Waals surface area contributed by atoms with Gasteiger partial charge in [0.2, 0.25) is 0 Å². The molecule has 116 valence electrons. The van der Waals surface area contributed by atoms with Crippen molar-refractivity contribution in [1.82, 2.24) is 4.90 Å². The first-order valence-electron chi connectivity index (χ1n) is 7.31. The van der Waals surface area contributed by atoms with E-state index in [1.54, 1.807) is 14.2 Å². The number of rotatable bonds is 5. The molecule has 1 fully saturated rings. The molecule has 0 aliphatic carbocycles. The van der Waals surface area contributed by atoms with Crippen molar-refractivity contribution in [2.45, 2.75) is 32.9 Å². The van der Waals surface area contributed by atoms with Gasteiger partial charge in [0.25, 0.3) is 0 Å². The summed E-state index contributed by atoms with van der Waals surface area (Å²) in [5.41, 5.74) is 1.88. The van der Waals surface area contributed by atoms with Gasteiger partial charge in [-0.05, 0) is 54.4 Å². The molecule has 0 aromatic heterocycles. The maximum Gasteiger partial charge on any atom is 0.145 e. The van der Waals surface area contributed by atoms with Gasteiger partial charge < -0.3 is 9.47 Å². The minimum absolute atomic E-state index is 0.267. The summed E-state index contributed by atoms with van der Waals surface area (Å²) in [6.07, 6.45) is 2.59. The van der Waals surface area contributed by atoms with Gasteiger partial charge in [0, 0.05) is 12.3 Å². The first-order valence-corrected chi connectivity index (χ1v) is 8.11. The van der Waals surface area contributed by atoms with Crippen LogP contribution < -0.4 is 9.47 Å². The van der Waals surface area contributed by atoms with Crippen molar-refractivity contribution in [1.29, 1.82) is 0 Å². The first-order chi connectivity index (χ1) is 10.1. The second-order valence-electron chi connectivity index (χ2n) is 5.12. The highest BCUT2D eigenvalue weighted by Gasteiger charge is 2.24. The Kier molecular flexibility index (Phi) is 5.65. The Morgan fingerprint density at radius 3 is 2.76 bits per heavy atom. The maximum absolute atomic E-state index is 5.54. The average molecular weight is 355 g/mol. The Morgan fingerprint density at radius 2 is 2.14 bits per heavy atom. The number of methoxy groups -OCH3 is 2. The minimum atomic E-state index is 0.267. The molecule has 0 radical (unpaired) electrons. The third-order valence-corrected chi connectivity index (χ3v) is 4.56. The lowest BCUT2D eigenvalue weighted by Crippen LogP contribution is -2.28. The molecule has 0 saturated carbocycles. The van der Waals surface area contributed by atoms with Crippen molar-refractivity contribution < 1.29 is 9.47 Å². The zero-order chi connectivity index (χ0) is 15.4. The quantitative estimate of drug-likeness (QED) is 0.755. The molecule has 21 heavy (non-hydrogen) atoms. The van der Waals surface area contributed by atoms with E-state index in [1.165, 1.54) is 6.42 Å². The van der Waals surface area contributed by atoms with Crippen LogP contribution in [0.25, 0.3) is 0 Å². The normalized spacial score (nSPS) is 19.9. The molecule has 0 spiro atoms. The van der Waals surface area contributed by atoms with Gasteiger partial charge in [0.05, 0.1) is 24.3 Å². The zero-order valence-electron chi connectivity index (χ0n) is 13.1. The second kappa shape index (κ2) is 7.27. The van der Waals surface area contributed by atoms with Crippen molar-refractivity contribution in [2.24, 2.45) is 4.99 Å². The molecule has 4 nitrogen and oxygen atoms in total. The van der Waals surface area contributed by atoms with Gasteiger partial charge in [-0.25, -0.2) is 0 Å². The van der Waals surface area contributed by atoms with Gasteiger partial charge in [-0.3, -0.25) is 9.89 Å². The Morgan fingerprint density at radius 1 is 1.38 bits per heavy atom. The van der Waals surface area contributed by atoms with E-state index in [9.17, 15) is 0 Å². The Bertz CT molecular complexity index is 531. The fourth-order valence-electron chi connectivity index (χ4n) is 2.86. The lowest BCUT2D eigenvalue weighted by molar-refractivity contribution is 0.275. The lowest BCUT2D eigenvalue weighted by atomic mass is 10.1. The topological polar surface area (TPSA) is 34.1 Å². The van der Waals surface area contributed by atoms with E-state index in [4.69, 9.17) is 14.5 Å². The summed E-state index contributed by atoms with van der Waals surface area (Å²) >= 11 is 3.53. The molecule has 1 unspecified atom stereocenters. The highest BCUT2D eigenvalue weighted by atomic mass is 79.9. The monoisotopic (exact) mass is 354 g/mol. The minimum Gasteiger partial charge on any atom is -0.496 e. The third kappa shape index (κ3) is 3.40. The molecular weight excluding hydrogens is 332 g/mol. The molecule has 2 rings (SSSR count).